The minimum absolute atomic E-state index is 0.0336. The molecule has 0 heterocycles. The first-order valence-corrected chi connectivity index (χ1v) is 10.2. The SMILES string of the molecule is CC(=O)OCC(O)[C@]1(C)C=C2CC[C@H]3C(C)(C)C(O)CC[C@@]3(C)[C@@H]2CC1. The molecule has 148 valence electrons. The van der Waals surface area contributed by atoms with E-state index in [2.05, 4.69) is 33.8 Å². The summed E-state index contributed by atoms with van der Waals surface area (Å²) >= 11 is 0. The van der Waals surface area contributed by atoms with E-state index in [4.69, 9.17) is 4.74 Å². The lowest BCUT2D eigenvalue weighted by atomic mass is 9.45. The maximum Gasteiger partial charge on any atom is 0.302 e. The fourth-order valence-electron chi connectivity index (χ4n) is 6.39. The third kappa shape index (κ3) is 3.13. The van der Waals surface area contributed by atoms with Gasteiger partial charge in [0.1, 0.15) is 6.61 Å². The van der Waals surface area contributed by atoms with Crippen molar-refractivity contribution >= 4 is 5.97 Å². The summed E-state index contributed by atoms with van der Waals surface area (Å²) in [5.74, 6) is 0.739. The second-order valence-electron chi connectivity index (χ2n) is 10.1. The molecule has 2 fully saturated rings. The summed E-state index contributed by atoms with van der Waals surface area (Å²) in [4.78, 5) is 11.1. The van der Waals surface area contributed by atoms with Crippen LogP contribution in [0.1, 0.15) is 73.1 Å². The van der Waals surface area contributed by atoms with Gasteiger partial charge in [-0.25, -0.2) is 0 Å². The molecule has 4 heteroatoms. The number of esters is 1. The highest BCUT2D eigenvalue weighted by molar-refractivity contribution is 5.65. The molecule has 0 bridgehead atoms. The second kappa shape index (κ2) is 6.63. The average molecular weight is 365 g/mol. The lowest BCUT2D eigenvalue weighted by Crippen LogP contribution is -2.55. The summed E-state index contributed by atoms with van der Waals surface area (Å²) in [5.41, 5.74) is 1.35. The van der Waals surface area contributed by atoms with E-state index in [0.717, 1.165) is 38.5 Å². The molecule has 2 unspecified atom stereocenters. The number of fused-ring (bicyclic) bond motifs is 3. The fourth-order valence-corrected chi connectivity index (χ4v) is 6.39. The number of aliphatic hydroxyl groups is 2. The highest BCUT2D eigenvalue weighted by atomic mass is 16.5. The Bertz CT molecular complexity index is 595. The number of ether oxygens (including phenoxy) is 1. The molecular weight excluding hydrogens is 328 g/mol. The standard InChI is InChI=1S/C22H36O4/c1-14(23)26-13-19(25)21(4)10-8-16-15(12-21)6-7-17-20(2,3)18(24)9-11-22(16,17)5/h12,16-19,24-25H,6-11,13H2,1-5H3/t16-,17+,18?,19?,21+,22+/m1/s1. The van der Waals surface area contributed by atoms with Crippen LogP contribution < -0.4 is 0 Å². The maximum atomic E-state index is 11.1. The molecule has 0 aromatic carbocycles. The van der Waals surface area contributed by atoms with Crippen molar-refractivity contribution in [3.05, 3.63) is 11.6 Å². The first-order valence-electron chi connectivity index (χ1n) is 10.2. The Morgan fingerprint density at radius 2 is 1.92 bits per heavy atom. The molecule has 3 aliphatic rings. The predicted octanol–water partition coefficient (Wildman–Crippen LogP) is 3.85. The van der Waals surface area contributed by atoms with E-state index in [1.807, 2.05) is 0 Å². The molecule has 0 spiro atoms. The lowest BCUT2D eigenvalue weighted by molar-refractivity contribution is -0.147. The zero-order valence-corrected chi connectivity index (χ0v) is 17.0. The molecule has 0 radical (unpaired) electrons. The topological polar surface area (TPSA) is 66.8 Å². The first kappa shape index (κ1) is 19.9. The molecule has 6 atom stereocenters. The smallest absolute Gasteiger partial charge is 0.302 e. The highest BCUT2D eigenvalue weighted by Crippen LogP contribution is 2.63. The van der Waals surface area contributed by atoms with Gasteiger partial charge in [-0.15, -0.1) is 0 Å². The van der Waals surface area contributed by atoms with Crippen LogP contribution in [0.2, 0.25) is 0 Å². The number of hydrogen-bond acceptors (Lipinski definition) is 4. The Labute approximate surface area is 158 Å². The van der Waals surface area contributed by atoms with E-state index < -0.39 is 6.10 Å². The van der Waals surface area contributed by atoms with Gasteiger partial charge < -0.3 is 14.9 Å². The number of allylic oxidation sites excluding steroid dienone is 1. The van der Waals surface area contributed by atoms with Crippen LogP contribution in [0.4, 0.5) is 0 Å². The predicted molar refractivity (Wildman–Crippen MR) is 101 cm³/mol. The minimum atomic E-state index is -0.657. The number of carbonyl (C=O) groups is 1. The number of hydrogen-bond donors (Lipinski definition) is 2. The summed E-state index contributed by atoms with van der Waals surface area (Å²) in [5, 5.41) is 21.2. The number of rotatable bonds is 3. The van der Waals surface area contributed by atoms with Crippen LogP contribution in [0, 0.1) is 28.1 Å². The molecular formula is C22H36O4. The van der Waals surface area contributed by atoms with Gasteiger partial charge in [0.05, 0.1) is 12.2 Å². The van der Waals surface area contributed by atoms with Crippen LogP contribution in [0.5, 0.6) is 0 Å². The molecule has 0 aliphatic heterocycles. The molecule has 26 heavy (non-hydrogen) atoms. The van der Waals surface area contributed by atoms with Crippen LogP contribution >= 0.6 is 0 Å². The Morgan fingerprint density at radius 3 is 2.58 bits per heavy atom. The maximum absolute atomic E-state index is 11.1. The molecule has 0 aromatic rings. The van der Waals surface area contributed by atoms with Gasteiger partial charge in [0.15, 0.2) is 0 Å². The van der Waals surface area contributed by atoms with Gasteiger partial charge in [-0.3, -0.25) is 4.79 Å². The number of aliphatic hydroxyl groups excluding tert-OH is 2. The van der Waals surface area contributed by atoms with Gasteiger partial charge in [0, 0.05) is 12.3 Å². The molecule has 2 N–H and O–H groups in total. The zero-order valence-electron chi connectivity index (χ0n) is 17.0. The van der Waals surface area contributed by atoms with Crippen LogP contribution in [0.15, 0.2) is 11.6 Å². The van der Waals surface area contributed by atoms with Gasteiger partial charge in [-0.2, -0.15) is 0 Å². The normalized spacial score (nSPS) is 42.9. The van der Waals surface area contributed by atoms with Crippen molar-refractivity contribution in [3.63, 3.8) is 0 Å². The van der Waals surface area contributed by atoms with Crippen molar-refractivity contribution in [1.29, 1.82) is 0 Å². The van der Waals surface area contributed by atoms with Crippen molar-refractivity contribution in [2.75, 3.05) is 6.61 Å². The van der Waals surface area contributed by atoms with Gasteiger partial charge >= 0.3 is 5.97 Å². The van der Waals surface area contributed by atoms with Crippen LogP contribution in [0.25, 0.3) is 0 Å². The fraction of sp³-hybridized carbons (Fsp3) is 0.864. The van der Waals surface area contributed by atoms with E-state index in [0.29, 0.717) is 11.8 Å². The van der Waals surface area contributed by atoms with E-state index in [-0.39, 0.29) is 34.9 Å². The molecule has 4 nitrogen and oxygen atoms in total. The van der Waals surface area contributed by atoms with E-state index in [1.165, 1.54) is 12.5 Å². The van der Waals surface area contributed by atoms with Crippen molar-refractivity contribution in [3.8, 4) is 0 Å². The quantitative estimate of drug-likeness (QED) is 0.590. The molecule has 0 aromatic heterocycles. The monoisotopic (exact) mass is 364 g/mol. The van der Waals surface area contributed by atoms with Crippen LogP contribution in [-0.4, -0.2) is 35.0 Å². The lowest BCUT2D eigenvalue weighted by Gasteiger charge is -2.61. The van der Waals surface area contributed by atoms with Crippen molar-refractivity contribution in [1.82, 2.24) is 0 Å². The van der Waals surface area contributed by atoms with Crippen LogP contribution in [-0.2, 0) is 9.53 Å². The third-order valence-corrected chi connectivity index (χ3v) is 8.17. The van der Waals surface area contributed by atoms with Gasteiger partial charge in [0.2, 0.25) is 0 Å². The van der Waals surface area contributed by atoms with Crippen molar-refractivity contribution in [2.45, 2.75) is 85.4 Å². The average Bonchev–Trinajstić information content (AvgIpc) is 2.56. The Balaban J connectivity index is 1.83. The molecule has 2 saturated carbocycles. The minimum Gasteiger partial charge on any atom is -0.463 e. The van der Waals surface area contributed by atoms with Gasteiger partial charge in [-0.05, 0) is 61.2 Å². The van der Waals surface area contributed by atoms with Crippen molar-refractivity contribution in [2.24, 2.45) is 28.1 Å². The summed E-state index contributed by atoms with van der Waals surface area (Å²) in [6, 6.07) is 0. The molecule has 0 amide bonds. The summed E-state index contributed by atoms with van der Waals surface area (Å²) < 4.78 is 5.06. The Kier molecular flexibility index (Phi) is 5.07. The third-order valence-electron chi connectivity index (χ3n) is 8.17. The van der Waals surface area contributed by atoms with Gasteiger partial charge in [-0.1, -0.05) is 39.3 Å². The van der Waals surface area contributed by atoms with Crippen LogP contribution in [0.3, 0.4) is 0 Å². The van der Waals surface area contributed by atoms with Gasteiger partial charge in [0.25, 0.3) is 0 Å². The van der Waals surface area contributed by atoms with E-state index >= 15 is 0 Å². The summed E-state index contributed by atoms with van der Waals surface area (Å²) in [7, 11) is 0. The zero-order chi connectivity index (χ0) is 19.3. The first-order chi connectivity index (χ1) is 12.0. The van der Waals surface area contributed by atoms with Crippen molar-refractivity contribution < 1.29 is 19.7 Å². The Morgan fingerprint density at radius 1 is 1.23 bits per heavy atom. The Hall–Kier alpha value is -0.870. The second-order valence-corrected chi connectivity index (χ2v) is 10.1. The largest absolute Gasteiger partial charge is 0.463 e. The van der Waals surface area contributed by atoms with E-state index in [9.17, 15) is 15.0 Å². The molecule has 0 saturated heterocycles. The molecule has 3 rings (SSSR count). The number of carbonyl (C=O) groups excluding carboxylic acids is 1. The highest BCUT2D eigenvalue weighted by Gasteiger charge is 2.57. The molecule has 3 aliphatic carbocycles. The summed E-state index contributed by atoms with van der Waals surface area (Å²) in [6.45, 7) is 10.5. The van der Waals surface area contributed by atoms with E-state index in [1.54, 1.807) is 0 Å². The summed E-state index contributed by atoms with van der Waals surface area (Å²) in [6.07, 6.45) is 7.55.